The van der Waals surface area contributed by atoms with Gasteiger partial charge in [0.15, 0.2) is 5.78 Å². The van der Waals surface area contributed by atoms with Crippen LogP contribution in [0.2, 0.25) is 0 Å². The summed E-state index contributed by atoms with van der Waals surface area (Å²) in [6, 6.07) is 7.78. The van der Waals surface area contributed by atoms with Crippen LogP contribution in [0.1, 0.15) is 51.6 Å². The molecule has 0 fully saturated rings. The lowest BCUT2D eigenvalue weighted by molar-refractivity contribution is -0.117. The topological polar surface area (TPSA) is 69.0 Å². The minimum Gasteiger partial charge on any atom is -0.494 e. The molecule has 0 saturated carbocycles. The Morgan fingerprint density at radius 3 is 2.78 bits per heavy atom. The van der Waals surface area contributed by atoms with Crippen LogP contribution < -0.4 is 10.1 Å². The summed E-state index contributed by atoms with van der Waals surface area (Å²) in [7, 11) is 0. The van der Waals surface area contributed by atoms with Crippen molar-refractivity contribution in [2.24, 2.45) is 11.8 Å². The van der Waals surface area contributed by atoms with E-state index in [9.17, 15) is 4.79 Å². The quantitative estimate of drug-likeness (QED) is 0.867. The van der Waals surface area contributed by atoms with E-state index in [-0.39, 0.29) is 11.8 Å². The second-order valence-corrected chi connectivity index (χ2v) is 7.98. The number of rotatable bonds is 5. The van der Waals surface area contributed by atoms with E-state index in [0.717, 1.165) is 35.4 Å². The standard InChI is InChI=1S/C21H26N4O2/c1-13(2)8-9-27-16-6-4-15(5-7-16)20-19-17(10-14(3)11-18(19)26)24-21-22-12-23-25(20)21/h4-7,12-14,20H,8-11H2,1-3H3,(H,22,23,24)/t14-,20-/m0/s1. The monoisotopic (exact) mass is 366 g/mol. The van der Waals surface area contributed by atoms with Gasteiger partial charge in [-0.05, 0) is 42.4 Å². The Morgan fingerprint density at radius 2 is 2.04 bits per heavy atom. The van der Waals surface area contributed by atoms with Gasteiger partial charge in [0, 0.05) is 17.7 Å². The van der Waals surface area contributed by atoms with E-state index in [2.05, 4.69) is 36.2 Å². The first-order chi connectivity index (χ1) is 13.0. The van der Waals surface area contributed by atoms with Gasteiger partial charge in [-0.25, -0.2) is 4.68 Å². The van der Waals surface area contributed by atoms with Gasteiger partial charge >= 0.3 is 0 Å². The van der Waals surface area contributed by atoms with Gasteiger partial charge in [-0.15, -0.1) is 0 Å². The van der Waals surface area contributed by atoms with Gasteiger partial charge < -0.3 is 10.1 Å². The number of aromatic nitrogens is 3. The van der Waals surface area contributed by atoms with Crippen LogP contribution >= 0.6 is 0 Å². The maximum Gasteiger partial charge on any atom is 0.226 e. The van der Waals surface area contributed by atoms with E-state index >= 15 is 0 Å². The molecule has 0 bridgehead atoms. The van der Waals surface area contributed by atoms with Crippen molar-refractivity contribution < 1.29 is 9.53 Å². The smallest absolute Gasteiger partial charge is 0.226 e. The molecule has 1 aliphatic carbocycles. The van der Waals surface area contributed by atoms with E-state index in [1.807, 2.05) is 24.3 Å². The molecular weight excluding hydrogens is 340 g/mol. The number of nitrogens with zero attached hydrogens (tertiary/aromatic N) is 3. The highest BCUT2D eigenvalue weighted by Gasteiger charge is 2.37. The Bertz CT molecular complexity index is 867. The number of anilines is 1. The van der Waals surface area contributed by atoms with Crippen molar-refractivity contribution in [3.05, 3.63) is 47.4 Å². The van der Waals surface area contributed by atoms with Crippen molar-refractivity contribution in [3.63, 3.8) is 0 Å². The molecule has 0 amide bonds. The molecule has 2 aliphatic rings. The van der Waals surface area contributed by atoms with E-state index in [1.54, 1.807) is 4.68 Å². The van der Waals surface area contributed by atoms with Crippen LogP contribution in [0.15, 0.2) is 41.9 Å². The zero-order valence-corrected chi connectivity index (χ0v) is 16.1. The summed E-state index contributed by atoms with van der Waals surface area (Å²) in [5.41, 5.74) is 2.83. The van der Waals surface area contributed by atoms with Crippen molar-refractivity contribution in [2.75, 3.05) is 11.9 Å². The summed E-state index contributed by atoms with van der Waals surface area (Å²) in [5.74, 6) is 2.70. The van der Waals surface area contributed by atoms with Crippen LogP contribution in [0, 0.1) is 11.8 Å². The lowest BCUT2D eigenvalue weighted by atomic mass is 9.81. The highest BCUT2D eigenvalue weighted by Crippen LogP contribution is 2.41. The number of fused-ring (bicyclic) bond motifs is 1. The number of ether oxygens (including phenoxy) is 1. The van der Waals surface area contributed by atoms with Crippen molar-refractivity contribution in [1.29, 1.82) is 0 Å². The fraction of sp³-hybridized carbons (Fsp3) is 0.476. The number of allylic oxidation sites excluding steroid dienone is 2. The number of benzene rings is 1. The minimum atomic E-state index is -0.233. The number of ketones is 1. The van der Waals surface area contributed by atoms with Crippen LogP contribution in [0.25, 0.3) is 0 Å². The molecule has 1 aromatic carbocycles. The predicted molar refractivity (Wildman–Crippen MR) is 104 cm³/mol. The zero-order chi connectivity index (χ0) is 19.0. The van der Waals surface area contributed by atoms with Crippen LogP contribution in [-0.2, 0) is 4.79 Å². The Kier molecular flexibility index (Phi) is 4.72. The number of hydrogen-bond acceptors (Lipinski definition) is 5. The van der Waals surface area contributed by atoms with E-state index < -0.39 is 0 Å². The second kappa shape index (κ2) is 7.18. The lowest BCUT2D eigenvalue weighted by Crippen LogP contribution is -2.33. The zero-order valence-electron chi connectivity index (χ0n) is 16.1. The summed E-state index contributed by atoms with van der Waals surface area (Å²) in [5, 5.41) is 7.69. The first-order valence-electron chi connectivity index (χ1n) is 9.68. The molecule has 142 valence electrons. The molecule has 0 radical (unpaired) electrons. The van der Waals surface area contributed by atoms with Gasteiger partial charge in [0.1, 0.15) is 18.1 Å². The van der Waals surface area contributed by atoms with Gasteiger partial charge in [-0.1, -0.05) is 32.9 Å². The van der Waals surface area contributed by atoms with Gasteiger partial charge in [0.2, 0.25) is 5.95 Å². The van der Waals surface area contributed by atoms with E-state index in [0.29, 0.717) is 30.8 Å². The largest absolute Gasteiger partial charge is 0.494 e. The molecule has 1 N–H and O–H groups in total. The summed E-state index contributed by atoms with van der Waals surface area (Å²) < 4.78 is 7.64. The average Bonchev–Trinajstić information content (AvgIpc) is 3.08. The fourth-order valence-corrected chi connectivity index (χ4v) is 3.81. The molecule has 6 heteroatoms. The molecule has 6 nitrogen and oxygen atoms in total. The molecular formula is C21H26N4O2. The summed E-state index contributed by atoms with van der Waals surface area (Å²) >= 11 is 0. The first-order valence-corrected chi connectivity index (χ1v) is 9.68. The highest BCUT2D eigenvalue weighted by molar-refractivity contribution is 5.99. The predicted octanol–water partition coefficient (Wildman–Crippen LogP) is 3.97. The number of Topliss-reactive ketones (excluding diaryl/α,β-unsaturated/α-hetero) is 1. The third-order valence-electron chi connectivity index (χ3n) is 5.23. The first kappa shape index (κ1) is 17.8. The van der Waals surface area contributed by atoms with Crippen molar-refractivity contribution in [1.82, 2.24) is 14.8 Å². The molecule has 1 aliphatic heterocycles. The number of nitrogens with one attached hydrogen (secondary N) is 1. The average molecular weight is 366 g/mol. The molecule has 0 unspecified atom stereocenters. The van der Waals surface area contributed by atoms with Gasteiger partial charge in [0.25, 0.3) is 0 Å². The maximum atomic E-state index is 12.8. The number of carbonyl (C=O) groups excluding carboxylic acids is 1. The van der Waals surface area contributed by atoms with Crippen LogP contribution in [0.4, 0.5) is 5.95 Å². The van der Waals surface area contributed by atoms with Gasteiger partial charge in [-0.2, -0.15) is 10.1 Å². The third kappa shape index (κ3) is 3.48. The van der Waals surface area contributed by atoms with Gasteiger partial charge in [-0.3, -0.25) is 4.79 Å². The van der Waals surface area contributed by atoms with Crippen molar-refractivity contribution in [3.8, 4) is 5.75 Å². The minimum absolute atomic E-state index is 0.194. The number of carbonyl (C=O) groups is 1. The Labute approximate surface area is 159 Å². The Morgan fingerprint density at radius 1 is 1.26 bits per heavy atom. The highest BCUT2D eigenvalue weighted by atomic mass is 16.5. The van der Waals surface area contributed by atoms with Crippen LogP contribution in [0.5, 0.6) is 5.75 Å². The SMILES string of the molecule is CC(C)CCOc1ccc([C@H]2C3=C(C[C@H](C)CC3=O)Nc3ncnn32)cc1. The molecule has 0 saturated heterocycles. The van der Waals surface area contributed by atoms with Crippen LogP contribution in [0.3, 0.4) is 0 Å². The van der Waals surface area contributed by atoms with E-state index in [4.69, 9.17) is 4.74 Å². The molecule has 0 spiro atoms. The summed E-state index contributed by atoms with van der Waals surface area (Å²) in [6.45, 7) is 7.20. The Balaban J connectivity index is 1.64. The molecule has 1 aromatic heterocycles. The van der Waals surface area contributed by atoms with Crippen molar-refractivity contribution in [2.45, 2.75) is 46.1 Å². The molecule has 2 heterocycles. The molecule has 27 heavy (non-hydrogen) atoms. The molecule has 2 atom stereocenters. The summed E-state index contributed by atoms with van der Waals surface area (Å²) in [6.07, 6.45) is 4.00. The fourth-order valence-electron chi connectivity index (χ4n) is 3.81. The Hall–Kier alpha value is -2.63. The van der Waals surface area contributed by atoms with Gasteiger partial charge in [0.05, 0.1) is 6.61 Å². The lowest BCUT2D eigenvalue weighted by Gasteiger charge is -2.34. The third-order valence-corrected chi connectivity index (χ3v) is 5.23. The molecule has 4 rings (SSSR count). The normalized spacial score (nSPS) is 21.7. The van der Waals surface area contributed by atoms with Crippen LogP contribution in [-0.4, -0.2) is 27.2 Å². The second-order valence-electron chi connectivity index (χ2n) is 7.98. The summed E-state index contributed by atoms with van der Waals surface area (Å²) in [4.78, 5) is 17.2. The van der Waals surface area contributed by atoms with Crippen molar-refractivity contribution >= 4 is 11.7 Å². The van der Waals surface area contributed by atoms with E-state index in [1.165, 1.54) is 6.33 Å². The molecule has 2 aromatic rings. The maximum absolute atomic E-state index is 12.8. The number of hydrogen-bond donors (Lipinski definition) is 1.